The Hall–Kier alpha value is -1.82. The van der Waals surface area contributed by atoms with E-state index in [9.17, 15) is 0 Å². The van der Waals surface area contributed by atoms with Gasteiger partial charge in [0.1, 0.15) is 0 Å². The Morgan fingerprint density at radius 3 is 2.00 bits per heavy atom. The molecule has 0 aliphatic carbocycles. The molecule has 0 aromatic heterocycles. The van der Waals surface area contributed by atoms with E-state index in [4.69, 9.17) is 0 Å². The second-order valence-electron chi connectivity index (χ2n) is 6.60. The molecule has 0 radical (unpaired) electrons. The molecule has 0 aliphatic rings. The summed E-state index contributed by atoms with van der Waals surface area (Å²) in [7, 11) is 0. The van der Waals surface area contributed by atoms with Crippen molar-refractivity contribution in [3.05, 3.63) is 60.2 Å². The summed E-state index contributed by atoms with van der Waals surface area (Å²) in [5.74, 6) is 0.611. The van der Waals surface area contributed by atoms with Crippen molar-refractivity contribution in [1.82, 2.24) is 0 Å². The molecule has 0 heterocycles. The largest absolute Gasteiger partial charge is 0.0619 e. The van der Waals surface area contributed by atoms with Crippen LogP contribution in [-0.2, 0) is 5.41 Å². The van der Waals surface area contributed by atoms with Crippen LogP contribution in [-0.4, -0.2) is 0 Å². The van der Waals surface area contributed by atoms with Gasteiger partial charge in [-0.05, 0) is 50.6 Å². The zero-order valence-electron chi connectivity index (χ0n) is 12.8. The van der Waals surface area contributed by atoms with Crippen molar-refractivity contribution in [2.24, 2.45) is 5.92 Å². The van der Waals surface area contributed by atoms with Gasteiger partial charge in [0.2, 0.25) is 0 Å². The molecule has 102 valence electrons. The van der Waals surface area contributed by atoms with Gasteiger partial charge in [0.15, 0.2) is 0 Å². The molecule has 0 nitrogen and oxygen atoms in total. The minimum atomic E-state index is 0.183. The van der Waals surface area contributed by atoms with Gasteiger partial charge in [0.05, 0.1) is 0 Å². The molecule has 0 bridgehead atoms. The van der Waals surface area contributed by atoms with Crippen molar-refractivity contribution in [1.29, 1.82) is 0 Å². The van der Waals surface area contributed by atoms with Crippen LogP contribution in [0.4, 0.5) is 0 Å². The average Bonchev–Trinajstić information content (AvgIpc) is 2.44. The van der Waals surface area contributed by atoms with Crippen molar-refractivity contribution < 1.29 is 0 Å². The predicted octanol–water partition coefficient (Wildman–Crippen LogP) is 5.93. The van der Waals surface area contributed by atoms with Crippen molar-refractivity contribution in [3.63, 3.8) is 0 Å². The van der Waals surface area contributed by atoms with Crippen molar-refractivity contribution in [3.8, 4) is 0 Å². The van der Waals surface area contributed by atoms with Gasteiger partial charge in [-0.3, -0.25) is 0 Å². The lowest BCUT2D eigenvalue weighted by Crippen LogP contribution is -2.24. The number of rotatable bonds is 2. The van der Waals surface area contributed by atoms with Gasteiger partial charge in [-0.2, -0.15) is 0 Å². The first-order chi connectivity index (χ1) is 9.50. The van der Waals surface area contributed by atoms with Crippen molar-refractivity contribution in [2.45, 2.75) is 33.1 Å². The highest BCUT2D eigenvalue weighted by molar-refractivity contribution is 6.00. The van der Waals surface area contributed by atoms with Crippen LogP contribution in [0.1, 0.15) is 33.3 Å². The van der Waals surface area contributed by atoms with Crippen LogP contribution in [0.15, 0.2) is 54.6 Å². The summed E-state index contributed by atoms with van der Waals surface area (Å²) >= 11 is 0. The molecule has 0 unspecified atom stereocenters. The molecule has 0 spiro atoms. The fourth-order valence-corrected chi connectivity index (χ4v) is 2.84. The molecule has 0 amide bonds. The van der Waals surface area contributed by atoms with Crippen LogP contribution in [0.25, 0.3) is 21.5 Å². The van der Waals surface area contributed by atoms with Gasteiger partial charge >= 0.3 is 0 Å². The lowest BCUT2D eigenvalue weighted by atomic mass is 9.73. The van der Waals surface area contributed by atoms with E-state index in [2.05, 4.69) is 82.3 Å². The molecule has 0 heteroatoms. The Bertz CT molecular complexity index is 763. The van der Waals surface area contributed by atoms with E-state index in [-0.39, 0.29) is 5.41 Å². The molecule has 0 N–H and O–H groups in total. The Morgan fingerprint density at radius 1 is 0.750 bits per heavy atom. The van der Waals surface area contributed by atoms with Gasteiger partial charge < -0.3 is 0 Å². The highest BCUT2D eigenvalue weighted by atomic mass is 14.3. The van der Waals surface area contributed by atoms with Crippen molar-refractivity contribution >= 4 is 21.5 Å². The van der Waals surface area contributed by atoms with E-state index in [0.717, 1.165) is 0 Å². The van der Waals surface area contributed by atoms with Crippen molar-refractivity contribution in [2.75, 3.05) is 0 Å². The van der Waals surface area contributed by atoms with Crippen LogP contribution in [0.3, 0.4) is 0 Å². The average molecular weight is 262 g/mol. The summed E-state index contributed by atoms with van der Waals surface area (Å²) < 4.78 is 0. The second kappa shape index (κ2) is 4.63. The first kappa shape index (κ1) is 13.2. The summed E-state index contributed by atoms with van der Waals surface area (Å²) in [6.07, 6.45) is 0. The van der Waals surface area contributed by atoms with E-state index >= 15 is 0 Å². The lowest BCUT2D eigenvalue weighted by molar-refractivity contribution is 0.375. The maximum Gasteiger partial charge on any atom is -0.00744 e. The van der Waals surface area contributed by atoms with Gasteiger partial charge in [-0.15, -0.1) is 0 Å². The third-order valence-electron chi connectivity index (χ3n) is 4.88. The van der Waals surface area contributed by atoms with E-state index in [1.807, 2.05) is 0 Å². The summed E-state index contributed by atoms with van der Waals surface area (Å²) in [6, 6.07) is 20.0. The van der Waals surface area contributed by atoms with Crippen LogP contribution in [0, 0.1) is 5.92 Å². The maximum absolute atomic E-state index is 2.35. The second-order valence-corrected chi connectivity index (χ2v) is 6.60. The summed E-state index contributed by atoms with van der Waals surface area (Å²) in [6.45, 7) is 9.31. The topological polar surface area (TPSA) is 0 Å². The Balaban J connectivity index is 2.36. The van der Waals surface area contributed by atoms with E-state index in [1.165, 1.54) is 27.1 Å². The molecule has 3 aromatic carbocycles. The molecule has 0 aliphatic heterocycles. The number of hydrogen-bond donors (Lipinski definition) is 0. The fraction of sp³-hybridized carbons (Fsp3) is 0.300. The van der Waals surface area contributed by atoms with E-state index in [1.54, 1.807) is 0 Å². The maximum atomic E-state index is 2.35. The Morgan fingerprint density at radius 2 is 1.35 bits per heavy atom. The SMILES string of the molecule is CC(C)C(C)(C)c1cccc2cc3ccccc3cc12. The first-order valence-electron chi connectivity index (χ1n) is 7.42. The van der Waals surface area contributed by atoms with Gasteiger partial charge in [0, 0.05) is 0 Å². The van der Waals surface area contributed by atoms with E-state index < -0.39 is 0 Å². The minimum Gasteiger partial charge on any atom is -0.0619 e. The highest BCUT2D eigenvalue weighted by Gasteiger charge is 2.26. The molecular weight excluding hydrogens is 240 g/mol. The molecule has 20 heavy (non-hydrogen) atoms. The molecule has 0 atom stereocenters. The quantitative estimate of drug-likeness (QED) is 0.502. The van der Waals surface area contributed by atoms with Crippen LogP contribution in [0.2, 0.25) is 0 Å². The number of hydrogen-bond acceptors (Lipinski definition) is 0. The van der Waals surface area contributed by atoms with Crippen LogP contribution in [0.5, 0.6) is 0 Å². The molecule has 0 fully saturated rings. The molecule has 0 saturated heterocycles. The van der Waals surface area contributed by atoms with E-state index in [0.29, 0.717) is 5.92 Å². The minimum absolute atomic E-state index is 0.183. The number of benzene rings is 3. The lowest BCUT2D eigenvalue weighted by Gasteiger charge is -2.31. The van der Waals surface area contributed by atoms with Crippen LogP contribution >= 0.6 is 0 Å². The Kier molecular flexibility index (Phi) is 3.05. The van der Waals surface area contributed by atoms with Gasteiger partial charge in [-0.1, -0.05) is 70.2 Å². The standard InChI is InChI=1S/C20H22/c1-14(2)20(3,4)19-11-7-10-17-12-15-8-5-6-9-16(15)13-18(17)19/h5-14H,1-4H3. The van der Waals surface area contributed by atoms with Gasteiger partial charge in [0.25, 0.3) is 0 Å². The zero-order chi connectivity index (χ0) is 14.3. The smallest absolute Gasteiger partial charge is 0.00744 e. The molecular formula is C20H22. The third kappa shape index (κ3) is 2.00. The number of fused-ring (bicyclic) bond motifs is 2. The van der Waals surface area contributed by atoms with Gasteiger partial charge in [-0.25, -0.2) is 0 Å². The normalized spacial score (nSPS) is 12.4. The Labute approximate surface area is 121 Å². The molecule has 0 saturated carbocycles. The summed E-state index contributed by atoms with van der Waals surface area (Å²) in [5.41, 5.74) is 1.64. The fourth-order valence-electron chi connectivity index (χ4n) is 2.84. The third-order valence-corrected chi connectivity index (χ3v) is 4.88. The zero-order valence-corrected chi connectivity index (χ0v) is 12.8. The first-order valence-corrected chi connectivity index (χ1v) is 7.42. The summed E-state index contributed by atoms with van der Waals surface area (Å²) in [4.78, 5) is 0. The summed E-state index contributed by atoms with van der Waals surface area (Å²) in [5, 5.41) is 5.38. The predicted molar refractivity (Wildman–Crippen MR) is 89.3 cm³/mol. The molecule has 3 rings (SSSR count). The van der Waals surface area contributed by atoms with Crippen LogP contribution < -0.4 is 0 Å². The monoisotopic (exact) mass is 262 g/mol. The highest BCUT2D eigenvalue weighted by Crippen LogP contribution is 2.37. The molecule has 3 aromatic rings.